The van der Waals surface area contributed by atoms with Gasteiger partial charge in [-0.1, -0.05) is 13.0 Å². The highest BCUT2D eigenvalue weighted by Gasteiger charge is 2.23. The fraction of sp³-hybridized carbons (Fsp3) is 0.500. The summed E-state index contributed by atoms with van der Waals surface area (Å²) in [6.45, 7) is 3.60. The summed E-state index contributed by atoms with van der Waals surface area (Å²) in [7, 11) is 0. The van der Waals surface area contributed by atoms with Gasteiger partial charge in [0.25, 0.3) is 0 Å². The van der Waals surface area contributed by atoms with Crippen LogP contribution in [0.2, 0.25) is 0 Å². The minimum Gasteiger partial charge on any atom is -0.478 e. The van der Waals surface area contributed by atoms with Crippen LogP contribution in [0.1, 0.15) is 48.4 Å². The first kappa shape index (κ1) is 14.1. The molecule has 0 saturated carbocycles. The molecule has 1 aliphatic rings. The predicted octanol–water partition coefficient (Wildman–Crippen LogP) is 3.04. The third kappa shape index (κ3) is 2.53. The maximum absolute atomic E-state index is 11.4. The number of aromatic carboxylic acids is 1. The number of aromatic nitrogens is 2. The first-order chi connectivity index (χ1) is 10.2. The Morgan fingerprint density at radius 3 is 3.05 bits per heavy atom. The van der Waals surface area contributed by atoms with Gasteiger partial charge in [0.1, 0.15) is 11.3 Å². The molecular weight excluding hydrogens is 268 g/mol. The zero-order valence-electron chi connectivity index (χ0n) is 12.2. The lowest BCUT2D eigenvalue weighted by atomic mass is 10.1. The fourth-order valence-corrected chi connectivity index (χ4v) is 3.07. The zero-order valence-corrected chi connectivity index (χ0v) is 12.2. The Kier molecular flexibility index (Phi) is 3.92. The van der Waals surface area contributed by atoms with Crippen LogP contribution in [0.5, 0.6) is 0 Å². The van der Waals surface area contributed by atoms with Gasteiger partial charge in [0.05, 0.1) is 23.7 Å². The van der Waals surface area contributed by atoms with E-state index in [0.29, 0.717) is 12.1 Å². The number of ether oxygens (including phenoxy) is 1. The smallest absolute Gasteiger partial charge is 0.337 e. The molecule has 2 heterocycles. The summed E-state index contributed by atoms with van der Waals surface area (Å²) in [6, 6.07) is 5.63. The van der Waals surface area contributed by atoms with E-state index in [4.69, 9.17) is 4.74 Å². The lowest BCUT2D eigenvalue weighted by molar-refractivity contribution is 0.0595. The first-order valence-corrected chi connectivity index (χ1v) is 7.53. The van der Waals surface area contributed by atoms with Crippen molar-refractivity contribution in [3.8, 4) is 0 Å². The molecule has 0 aliphatic carbocycles. The van der Waals surface area contributed by atoms with Gasteiger partial charge >= 0.3 is 5.97 Å². The molecule has 0 amide bonds. The maximum atomic E-state index is 11.4. The van der Waals surface area contributed by atoms with E-state index >= 15 is 0 Å². The Labute approximate surface area is 123 Å². The molecule has 0 spiro atoms. The molecule has 1 N–H and O–H groups in total. The molecule has 1 aromatic carbocycles. The Morgan fingerprint density at radius 2 is 2.38 bits per heavy atom. The monoisotopic (exact) mass is 288 g/mol. The quantitative estimate of drug-likeness (QED) is 0.939. The number of nitrogens with zero attached hydrogens (tertiary/aromatic N) is 2. The van der Waals surface area contributed by atoms with Crippen LogP contribution in [-0.2, 0) is 11.2 Å². The van der Waals surface area contributed by atoms with Gasteiger partial charge in [-0.2, -0.15) is 0 Å². The second kappa shape index (κ2) is 5.85. The highest BCUT2D eigenvalue weighted by Crippen LogP contribution is 2.29. The molecule has 3 rings (SSSR count). The van der Waals surface area contributed by atoms with Crippen LogP contribution in [0.25, 0.3) is 11.0 Å². The first-order valence-electron chi connectivity index (χ1n) is 7.53. The van der Waals surface area contributed by atoms with Crippen LogP contribution >= 0.6 is 0 Å². The van der Waals surface area contributed by atoms with Gasteiger partial charge < -0.3 is 14.4 Å². The normalized spacial score (nSPS) is 19.0. The van der Waals surface area contributed by atoms with E-state index in [-0.39, 0.29) is 11.6 Å². The Bertz CT molecular complexity index is 657. The van der Waals surface area contributed by atoms with E-state index in [9.17, 15) is 9.90 Å². The number of hydrogen-bond donors (Lipinski definition) is 1. The van der Waals surface area contributed by atoms with E-state index in [2.05, 4.69) is 16.5 Å². The molecule has 112 valence electrons. The van der Waals surface area contributed by atoms with Crippen molar-refractivity contribution >= 4 is 17.0 Å². The topological polar surface area (TPSA) is 64.3 Å². The van der Waals surface area contributed by atoms with Crippen molar-refractivity contribution in [3.05, 3.63) is 29.6 Å². The van der Waals surface area contributed by atoms with Crippen molar-refractivity contribution < 1.29 is 14.6 Å². The van der Waals surface area contributed by atoms with Crippen LogP contribution in [-0.4, -0.2) is 33.8 Å². The Balaban J connectivity index is 2.17. The lowest BCUT2D eigenvalue weighted by Crippen LogP contribution is -2.22. The van der Waals surface area contributed by atoms with Crippen LogP contribution in [0.3, 0.4) is 0 Å². The third-order valence-corrected chi connectivity index (χ3v) is 4.00. The number of hydrogen-bond acceptors (Lipinski definition) is 3. The van der Waals surface area contributed by atoms with Crippen molar-refractivity contribution in [1.82, 2.24) is 9.55 Å². The van der Waals surface area contributed by atoms with Crippen molar-refractivity contribution in [1.29, 1.82) is 0 Å². The van der Waals surface area contributed by atoms with E-state index in [1.165, 1.54) is 0 Å². The van der Waals surface area contributed by atoms with E-state index < -0.39 is 5.97 Å². The number of carboxylic acids is 1. The fourth-order valence-electron chi connectivity index (χ4n) is 3.07. The number of para-hydroxylation sites is 1. The average Bonchev–Trinajstić information content (AvgIpc) is 2.86. The molecule has 1 unspecified atom stereocenters. The molecule has 5 nitrogen and oxygen atoms in total. The molecule has 1 saturated heterocycles. The van der Waals surface area contributed by atoms with Crippen LogP contribution in [0, 0.1) is 0 Å². The summed E-state index contributed by atoms with van der Waals surface area (Å²) in [5.74, 6) is 0.0462. The number of rotatable bonds is 4. The third-order valence-electron chi connectivity index (χ3n) is 4.00. The largest absolute Gasteiger partial charge is 0.478 e. The number of aryl methyl sites for hydroxylation is 1. The van der Waals surface area contributed by atoms with Gasteiger partial charge in [0.15, 0.2) is 0 Å². The summed E-state index contributed by atoms with van der Waals surface area (Å²) >= 11 is 0. The summed E-state index contributed by atoms with van der Waals surface area (Å²) in [5.41, 5.74) is 1.79. The average molecular weight is 288 g/mol. The molecule has 0 radical (unpaired) electrons. The van der Waals surface area contributed by atoms with Crippen molar-refractivity contribution in [2.75, 3.05) is 13.2 Å². The highest BCUT2D eigenvalue weighted by molar-refractivity contribution is 6.01. The second-order valence-electron chi connectivity index (χ2n) is 5.50. The molecule has 1 aromatic heterocycles. The number of imidazole rings is 1. The van der Waals surface area contributed by atoms with Crippen LogP contribution in [0.4, 0.5) is 0 Å². The molecule has 21 heavy (non-hydrogen) atoms. The molecule has 5 heteroatoms. The number of carboxylic acid groups (broad SMARTS) is 1. The van der Waals surface area contributed by atoms with Crippen molar-refractivity contribution in [2.45, 2.75) is 38.6 Å². The SMILES string of the molecule is CCCc1nc2c(C(=O)O)cccc2n1C1CCCOC1. The second-order valence-corrected chi connectivity index (χ2v) is 5.50. The molecule has 1 fully saturated rings. The van der Waals surface area contributed by atoms with Gasteiger partial charge in [-0.25, -0.2) is 9.78 Å². The zero-order chi connectivity index (χ0) is 14.8. The van der Waals surface area contributed by atoms with Gasteiger partial charge in [-0.3, -0.25) is 0 Å². The number of fused-ring (bicyclic) bond motifs is 1. The van der Waals surface area contributed by atoms with Crippen molar-refractivity contribution in [3.63, 3.8) is 0 Å². The molecule has 0 bridgehead atoms. The van der Waals surface area contributed by atoms with Gasteiger partial charge in [0, 0.05) is 13.0 Å². The minimum atomic E-state index is -0.923. The Hall–Kier alpha value is -1.88. The van der Waals surface area contributed by atoms with Gasteiger partial charge in [0.2, 0.25) is 0 Å². The maximum Gasteiger partial charge on any atom is 0.337 e. The van der Waals surface area contributed by atoms with Crippen LogP contribution < -0.4 is 0 Å². The van der Waals surface area contributed by atoms with Gasteiger partial charge in [-0.15, -0.1) is 0 Å². The number of benzene rings is 1. The predicted molar refractivity (Wildman–Crippen MR) is 79.8 cm³/mol. The van der Waals surface area contributed by atoms with E-state index in [1.54, 1.807) is 12.1 Å². The Morgan fingerprint density at radius 1 is 1.52 bits per heavy atom. The summed E-state index contributed by atoms with van der Waals surface area (Å²) < 4.78 is 7.80. The molecule has 2 aromatic rings. The summed E-state index contributed by atoms with van der Waals surface area (Å²) in [4.78, 5) is 16.0. The molecule has 1 atom stereocenters. The summed E-state index contributed by atoms with van der Waals surface area (Å²) in [6.07, 6.45) is 3.93. The lowest BCUT2D eigenvalue weighted by Gasteiger charge is -2.25. The molecule has 1 aliphatic heterocycles. The molecular formula is C16H20N2O3. The summed E-state index contributed by atoms with van der Waals surface area (Å²) in [5, 5.41) is 9.35. The minimum absolute atomic E-state index is 0.259. The highest BCUT2D eigenvalue weighted by atomic mass is 16.5. The standard InChI is InChI=1S/C16H20N2O3/c1-2-5-14-17-15-12(16(19)20)7-3-8-13(15)18(14)11-6-4-9-21-10-11/h3,7-8,11H,2,4-6,9-10H2,1H3,(H,19,20). The van der Waals surface area contributed by atoms with E-state index in [0.717, 1.165) is 43.6 Å². The number of carbonyl (C=O) groups is 1. The van der Waals surface area contributed by atoms with E-state index in [1.807, 2.05) is 6.07 Å². The van der Waals surface area contributed by atoms with Crippen molar-refractivity contribution in [2.24, 2.45) is 0 Å². The van der Waals surface area contributed by atoms with Crippen LogP contribution in [0.15, 0.2) is 18.2 Å². The van der Waals surface area contributed by atoms with Gasteiger partial charge in [-0.05, 0) is 31.4 Å².